The Morgan fingerprint density at radius 1 is 1.19 bits per heavy atom. The van der Waals surface area contributed by atoms with Gasteiger partial charge >= 0.3 is 0 Å². The standard InChI is InChI=1S/C11H17NO3S/c1-14-6-8-16(13)9-7-15-11-4-2-10(12)3-5-11/h2-5H,6-9,12H2,1H3. The van der Waals surface area contributed by atoms with Crippen LogP contribution < -0.4 is 10.5 Å². The Kier molecular flexibility index (Phi) is 5.88. The van der Waals surface area contributed by atoms with E-state index >= 15 is 0 Å². The maximum atomic E-state index is 11.4. The number of benzene rings is 1. The van der Waals surface area contributed by atoms with Gasteiger partial charge in [0.2, 0.25) is 0 Å². The summed E-state index contributed by atoms with van der Waals surface area (Å²) < 4.78 is 21.6. The average Bonchev–Trinajstić information content (AvgIpc) is 2.29. The molecule has 0 aliphatic carbocycles. The molecule has 0 aromatic heterocycles. The maximum Gasteiger partial charge on any atom is 0.119 e. The topological polar surface area (TPSA) is 61.5 Å². The summed E-state index contributed by atoms with van der Waals surface area (Å²) in [6, 6.07) is 7.15. The highest BCUT2D eigenvalue weighted by Gasteiger charge is 2.00. The molecular formula is C11H17NO3S. The molecule has 90 valence electrons. The lowest BCUT2D eigenvalue weighted by Gasteiger charge is -2.06. The predicted octanol–water partition coefficient (Wildman–Crippen LogP) is 1.04. The first kappa shape index (κ1) is 13.0. The normalized spacial score (nSPS) is 12.3. The summed E-state index contributed by atoms with van der Waals surface area (Å²) in [4.78, 5) is 0. The molecule has 0 fully saturated rings. The van der Waals surface area contributed by atoms with Crippen LogP contribution in [0.4, 0.5) is 5.69 Å². The molecule has 0 aliphatic heterocycles. The van der Waals surface area contributed by atoms with Crippen LogP contribution in [0.25, 0.3) is 0 Å². The number of methoxy groups -OCH3 is 1. The van der Waals surface area contributed by atoms with E-state index < -0.39 is 10.8 Å². The van der Waals surface area contributed by atoms with Crippen molar-refractivity contribution in [3.63, 3.8) is 0 Å². The molecule has 5 heteroatoms. The van der Waals surface area contributed by atoms with E-state index in [9.17, 15) is 4.21 Å². The number of hydrogen-bond acceptors (Lipinski definition) is 4. The molecule has 0 spiro atoms. The van der Waals surface area contributed by atoms with Crippen molar-refractivity contribution in [1.29, 1.82) is 0 Å². The molecular weight excluding hydrogens is 226 g/mol. The van der Waals surface area contributed by atoms with Crippen LogP contribution in [0.2, 0.25) is 0 Å². The molecule has 16 heavy (non-hydrogen) atoms. The van der Waals surface area contributed by atoms with Crippen LogP contribution in [0, 0.1) is 0 Å². The molecule has 0 heterocycles. The first-order valence-electron chi connectivity index (χ1n) is 5.04. The van der Waals surface area contributed by atoms with E-state index in [2.05, 4.69) is 0 Å². The van der Waals surface area contributed by atoms with Gasteiger partial charge in [-0.1, -0.05) is 0 Å². The molecule has 0 bridgehead atoms. The number of nitrogens with two attached hydrogens (primary N) is 1. The lowest BCUT2D eigenvalue weighted by Crippen LogP contribution is -2.13. The summed E-state index contributed by atoms with van der Waals surface area (Å²) in [5.41, 5.74) is 6.24. The smallest absolute Gasteiger partial charge is 0.119 e. The molecule has 0 saturated carbocycles. The zero-order valence-corrected chi connectivity index (χ0v) is 10.2. The van der Waals surface area contributed by atoms with Gasteiger partial charge in [0, 0.05) is 29.3 Å². The van der Waals surface area contributed by atoms with Crippen LogP contribution in [-0.2, 0) is 15.5 Å². The molecule has 0 radical (unpaired) electrons. The van der Waals surface area contributed by atoms with Crippen LogP contribution in [0.15, 0.2) is 24.3 Å². The molecule has 4 nitrogen and oxygen atoms in total. The number of ether oxygens (including phenoxy) is 2. The van der Waals surface area contributed by atoms with E-state index in [0.29, 0.717) is 30.4 Å². The number of hydrogen-bond donors (Lipinski definition) is 1. The Morgan fingerprint density at radius 2 is 1.81 bits per heavy atom. The molecule has 1 unspecified atom stereocenters. The van der Waals surface area contributed by atoms with Crippen LogP contribution in [0.5, 0.6) is 5.75 Å². The minimum atomic E-state index is -0.873. The molecule has 1 aromatic carbocycles. The Balaban J connectivity index is 2.20. The Hall–Kier alpha value is -1.07. The van der Waals surface area contributed by atoms with Crippen molar-refractivity contribution in [3.8, 4) is 5.75 Å². The van der Waals surface area contributed by atoms with Gasteiger partial charge < -0.3 is 15.2 Å². The average molecular weight is 243 g/mol. The summed E-state index contributed by atoms with van der Waals surface area (Å²) in [5, 5.41) is 0. The monoisotopic (exact) mass is 243 g/mol. The first-order valence-corrected chi connectivity index (χ1v) is 6.53. The van der Waals surface area contributed by atoms with Crippen molar-refractivity contribution in [2.24, 2.45) is 0 Å². The second-order valence-corrected chi connectivity index (χ2v) is 4.95. The molecule has 0 saturated heterocycles. The van der Waals surface area contributed by atoms with Gasteiger partial charge in [-0.2, -0.15) is 0 Å². The fourth-order valence-electron chi connectivity index (χ4n) is 1.09. The lowest BCUT2D eigenvalue weighted by molar-refractivity contribution is 0.218. The highest BCUT2D eigenvalue weighted by atomic mass is 32.2. The van der Waals surface area contributed by atoms with E-state index in [1.165, 1.54) is 0 Å². The van der Waals surface area contributed by atoms with Crippen molar-refractivity contribution < 1.29 is 13.7 Å². The van der Waals surface area contributed by atoms with Gasteiger partial charge in [0.15, 0.2) is 0 Å². The van der Waals surface area contributed by atoms with Crippen molar-refractivity contribution in [2.75, 3.05) is 37.6 Å². The molecule has 1 atom stereocenters. The Bertz CT molecular complexity index is 327. The fourth-order valence-corrected chi connectivity index (χ4v) is 1.92. The SMILES string of the molecule is COCCS(=O)CCOc1ccc(N)cc1. The highest BCUT2D eigenvalue weighted by molar-refractivity contribution is 7.85. The van der Waals surface area contributed by atoms with Crippen molar-refractivity contribution in [1.82, 2.24) is 0 Å². The van der Waals surface area contributed by atoms with Crippen LogP contribution in [0.3, 0.4) is 0 Å². The largest absolute Gasteiger partial charge is 0.493 e. The van der Waals surface area contributed by atoms with Crippen molar-refractivity contribution in [2.45, 2.75) is 0 Å². The lowest BCUT2D eigenvalue weighted by atomic mass is 10.3. The van der Waals surface area contributed by atoms with Gasteiger partial charge in [-0.15, -0.1) is 0 Å². The third-order valence-electron chi connectivity index (χ3n) is 1.97. The Labute approximate surface area is 98.2 Å². The Morgan fingerprint density at radius 3 is 2.44 bits per heavy atom. The molecule has 1 rings (SSSR count). The van der Waals surface area contributed by atoms with Gasteiger partial charge in [-0.05, 0) is 24.3 Å². The summed E-state index contributed by atoms with van der Waals surface area (Å²) >= 11 is 0. The van der Waals surface area contributed by atoms with Crippen LogP contribution in [0.1, 0.15) is 0 Å². The number of rotatable bonds is 7. The minimum absolute atomic E-state index is 0.445. The molecule has 1 aromatic rings. The van der Waals surface area contributed by atoms with Crippen LogP contribution >= 0.6 is 0 Å². The van der Waals surface area contributed by atoms with E-state index in [0.717, 1.165) is 5.75 Å². The minimum Gasteiger partial charge on any atom is -0.493 e. The highest BCUT2D eigenvalue weighted by Crippen LogP contribution is 2.12. The second-order valence-electron chi connectivity index (χ2n) is 3.26. The second kappa shape index (κ2) is 7.24. The molecule has 0 aliphatic rings. The van der Waals surface area contributed by atoms with Crippen LogP contribution in [-0.4, -0.2) is 36.0 Å². The van der Waals surface area contributed by atoms with Crippen molar-refractivity contribution in [3.05, 3.63) is 24.3 Å². The predicted molar refractivity (Wildman–Crippen MR) is 66.1 cm³/mol. The van der Waals surface area contributed by atoms with Gasteiger partial charge in [-0.25, -0.2) is 0 Å². The number of nitrogen functional groups attached to an aromatic ring is 1. The van der Waals surface area contributed by atoms with Gasteiger partial charge in [-0.3, -0.25) is 4.21 Å². The first-order chi connectivity index (χ1) is 7.72. The van der Waals surface area contributed by atoms with Crippen molar-refractivity contribution >= 4 is 16.5 Å². The van der Waals surface area contributed by atoms with E-state index in [4.69, 9.17) is 15.2 Å². The third-order valence-corrected chi connectivity index (χ3v) is 3.22. The maximum absolute atomic E-state index is 11.4. The summed E-state index contributed by atoms with van der Waals surface area (Å²) in [6.45, 7) is 0.967. The summed E-state index contributed by atoms with van der Waals surface area (Å²) in [7, 11) is 0.727. The fraction of sp³-hybridized carbons (Fsp3) is 0.455. The zero-order valence-electron chi connectivity index (χ0n) is 9.35. The molecule has 0 amide bonds. The van der Waals surface area contributed by atoms with Gasteiger partial charge in [0.1, 0.15) is 5.75 Å². The van der Waals surface area contributed by atoms with Gasteiger partial charge in [0.25, 0.3) is 0 Å². The third kappa shape index (κ3) is 5.14. The summed E-state index contributed by atoms with van der Waals surface area (Å²) in [6.07, 6.45) is 0. The quantitative estimate of drug-likeness (QED) is 0.727. The molecule has 2 N–H and O–H groups in total. The van der Waals surface area contributed by atoms with E-state index in [1.54, 1.807) is 31.4 Å². The summed E-state index contributed by atoms with van der Waals surface area (Å²) in [5.74, 6) is 1.83. The van der Waals surface area contributed by atoms with Gasteiger partial charge in [0.05, 0.1) is 19.0 Å². The van der Waals surface area contributed by atoms with E-state index in [-0.39, 0.29) is 0 Å². The zero-order chi connectivity index (χ0) is 11.8. The number of anilines is 1. The van der Waals surface area contributed by atoms with E-state index in [1.807, 2.05) is 0 Å².